The summed E-state index contributed by atoms with van der Waals surface area (Å²) in [5.41, 5.74) is 0.834. The number of aromatic hydroxyl groups is 1. The van der Waals surface area contributed by atoms with Crippen molar-refractivity contribution < 1.29 is 15.0 Å². The first kappa shape index (κ1) is 15.6. The van der Waals surface area contributed by atoms with Crippen LogP contribution in [0.15, 0.2) is 36.5 Å². The van der Waals surface area contributed by atoms with Crippen LogP contribution in [-0.2, 0) is 16.8 Å². The van der Waals surface area contributed by atoms with Crippen LogP contribution in [0.1, 0.15) is 30.5 Å². The molecule has 1 aromatic carbocycles. The molecule has 0 atom stereocenters. The zero-order valence-corrected chi connectivity index (χ0v) is 12.9. The smallest absolute Gasteiger partial charge is 0.222 e. The van der Waals surface area contributed by atoms with Crippen LogP contribution in [0.25, 0.3) is 0 Å². The predicted octanol–water partition coefficient (Wildman–Crippen LogP) is 1.56. The van der Waals surface area contributed by atoms with Crippen molar-refractivity contribution in [3.05, 3.63) is 47.8 Å². The van der Waals surface area contributed by atoms with E-state index in [4.69, 9.17) is 0 Å². The van der Waals surface area contributed by atoms with Crippen LogP contribution < -0.4 is 0 Å². The van der Waals surface area contributed by atoms with Gasteiger partial charge in [0.25, 0.3) is 0 Å². The van der Waals surface area contributed by atoms with Crippen LogP contribution in [0.4, 0.5) is 0 Å². The summed E-state index contributed by atoms with van der Waals surface area (Å²) in [5.74, 6) is 0.332. The van der Waals surface area contributed by atoms with Crippen molar-refractivity contribution in [2.75, 3.05) is 13.1 Å². The molecule has 1 saturated heterocycles. The third-order valence-electron chi connectivity index (χ3n) is 4.51. The highest BCUT2D eigenvalue weighted by Crippen LogP contribution is 2.31. The summed E-state index contributed by atoms with van der Waals surface area (Å²) >= 11 is 0. The molecule has 2 aromatic rings. The molecule has 1 aromatic heterocycles. The standard InChI is InChI=1S/C17H21N3O3/c21-14-4-1-13(2-5-14)3-6-16(22)20-11-8-17(23,9-12-20)15-7-10-18-19-15/h1-2,4-5,7,10,21,23H,3,6,8-9,11-12H2,(H,18,19). The van der Waals surface area contributed by atoms with Gasteiger partial charge in [-0.25, -0.2) is 0 Å². The number of phenols is 1. The molecule has 3 rings (SSSR count). The number of aliphatic hydroxyl groups is 1. The SMILES string of the molecule is O=C(CCc1ccc(O)cc1)N1CCC(O)(c2ccn[nH]2)CC1. The van der Waals surface area contributed by atoms with Crippen molar-refractivity contribution >= 4 is 5.91 Å². The maximum absolute atomic E-state index is 12.3. The fourth-order valence-electron chi connectivity index (χ4n) is 2.98. The van der Waals surface area contributed by atoms with Gasteiger partial charge >= 0.3 is 0 Å². The Morgan fingerprint density at radius 2 is 1.91 bits per heavy atom. The monoisotopic (exact) mass is 315 g/mol. The van der Waals surface area contributed by atoms with E-state index in [0.29, 0.717) is 44.5 Å². The zero-order valence-electron chi connectivity index (χ0n) is 12.9. The molecule has 0 aliphatic carbocycles. The van der Waals surface area contributed by atoms with Gasteiger partial charge in [0.05, 0.1) is 5.69 Å². The average Bonchev–Trinajstić information content (AvgIpc) is 3.10. The predicted molar refractivity (Wildman–Crippen MR) is 84.7 cm³/mol. The Hall–Kier alpha value is -2.34. The second kappa shape index (κ2) is 6.42. The van der Waals surface area contributed by atoms with Crippen LogP contribution in [-0.4, -0.2) is 44.3 Å². The van der Waals surface area contributed by atoms with Crippen molar-refractivity contribution in [1.82, 2.24) is 15.1 Å². The molecular formula is C17H21N3O3. The molecule has 1 amide bonds. The lowest BCUT2D eigenvalue weighted by atomic mass is 9.88. The number of phenolic OH excluding ortho intramolecular Hbond substituents is 1. The number of aromatic nitrogens is 2. The van der Waals surface area contributed by atoms with Crippen LogP contribution >= 0.6 is 0 Å². The molecule has 23 heavy (non-hydrogen) atoms. The normalized spacial score (nSPS) is 17.2. The Morgan fingerprint density at radius 1 is 1.22 bits per heavy atom. The Bertz CT molecular complexity index is 644. The first-order valence-electron chi connectivity index (χ1n) is 7.85. The number of amides is 1. The third-order valence-corrected chi connectivity index (χ3v) is 4.51. The van der Waals surface area contributed by atoms with E-state index in [-0.39, 0.29) is 11.7 Å². The molecule has 0 unspecified atom stereocenters. The van der Waals surface area contributed by atoms with Crippen molar-refractivity contribution in [3.8, 4) is 5.75 Å². The highest BCUT2D eigenvalue weighted by molar-refractivity contribution is 5.76. The quantitative estimate of drug-likeness (QED) is 0.799. The van der Waals surface area contributed by atoms with Crippen molar-refractivity contribution in [2.24, 2.45) is 0 Å². The van der Waals surface area contributed by atoms with Gasteiger partial charge in [-0.1, -0.05) is 12.1 Å². The van der Waals surface area contributed by atoms with E-state index in [1.807, 2.05) is 17.0 Å². The molecule has 1 aliphatic rings. The molecule has 0 spiro atoms. The van der Waals surface area contributed by atoms with Gasteiger partial charge in [0.1, 0.15) is 11.4 Å². The molecule has 6 heteroatoms. The number of rotatable bonds is 4. The van der Waals surface area contributed by atoms with Crippen LogP contribution in [0.5, 0.6) is 5.75 Å². The Kier molecular flexibility index (Phi) is 4.34. The molecular weight excluding hydrogens is 294 g/mol. The Balaban J connectivity index is 1.51. The maximum atomic E-state index is 12.3. The van der Waals surface area contributed by atoms with E-state index < -0.39 is 5.60 Å². The van der Waals surface area contributed by atoms with Gasteiger partial charge in [-0.3, -0.25) is 9.89 Å². The fraction of sp³-hybridized carbons (Fsp3) is 0.412. The minimum absolute atomic E-state index is 0.102. The number of carbonyl (C=O) groups excluding carboxylic acids is 1. The number of hydrogen-bond donors (Lipinski definition) is 3. The summed E-state index contributed by atoms with van der Waals surface area (Å²) in [6.45, 7) is 1.09. The lowest BCUT2D eigenvalue weighted by molar-refractivity contribution is -0.135. The number of aromatic amines is 1. The van der Waals surface area contributed by atoms with Crippen molar-refractivity contribution in [3.63, 3.8) is 0 Å². The summed E-state index contributed by atoms with van der Waals surface area (Å²) in [5, 5.41) is 26.6. The molecule has 0 bridgehead atoms. The van der Waals surface area contributed by atoms with E-state index in [9.17, 15) is 15.0 Å². The summed E-state index contributed by atoms with van der Waals surface area (Å²) in [6.07, 6.45) is 3.75. The summed E-state index contributed by atoms with van der Waals surface area (Å²) < 4.78 is 0. The lowest BCUT2D eigenvalue weighted by Crippen LogP contribution is -2.45. The zero-order chi connectivity index (χ0) is 16.3. The van der Waals surface area contributed by atoms with Gasteiger partial charge < -0.3 is 15.1 Å². The number of carbonyl (C=O) groups is 1. The van der Waals surface area contributed by atoms with Crippen LogP contribution in [0.2, 0.25) is 0 Å². The first-order valence-corrected chi connectivity index (χ1v) is 7.85. The van der Waals surface area contributed by atoms with Gasteiger partial charge in [-0.05, 0) is 43.0 Å². The number of likely N-dealkylation sites (tertiary alicyclic amines) is 1. The number of nitrogens with one attached hydrogen (secondary N) is 1. The average molecular weight is 315 g/mol. The highest BCUT2D eigenvalue weighted by Gasteiger charge is 2.36. The van der Waals surface area contributed by atoms with Crippen molar-refractivity contribution in [2.45, 2.75) is 31.3 Å². The summed E-state index contributed by atoms with van der Waals surface area (Å²) in [7, 11) is 0. The number of H-pyrrole nitrogens is 1. The van der Waals surface area contributed by atoms with E-state index in [2.05, 4.69) is 10.2 Å². The number of benzene rings is 1. The highest BCUT2D eigenvalue weighted by atomic mass is 16.3. The molecule has 6 nitrogen and oxygen atoms in total. The molecule has 1 fully saturated rings. The van der Waals surface area contributed by atoms with E-state index >= 15 is 0 Å². The maximum Gasteiger partial charge on any atom is 0.222 e. The van der Waals surface area contributed by atoms with Crippen LogP contribution in [0.3, 0.4) is 0 Å². The van der Waals surface area contributed by atoms with Gasteiger partial charge in [-0.2, -0.15) is 5.10 Å². The Labute approximate surface area is 134 Å². The fourth-order valence-corrected chi connectivity index (χ4v) is 2.98. The molecule has 2 heterocycles. The van der Waals surface area contributed by atoms with Gasteiger partial charge in [0.2, 0.25) is 5.91 Å². The van der Waals surface area contributed by atoms with Crippen molar-refractivity contribution in [1.29, 1.82) is 0 Å². The molecule has 3 N–H and O–H groups in total. The molecule has 122 valence electrons. The van der Waals surface area contributed by atoms with Gasteiger partial charge in [0.15, 0.2) is 0 Å². The third kappa shape index (κ3) is 3.53. The second-order valence-electron chi connectivity index (χ2n) is 6.05. The topological polar surface area (TPSA) is 89.4 Å². The van der Waals surface area contributed by atoms with E-state index in [1.54, 1.807) is 24.4 Å². The van der Waals surface area contributed by atoms with E-state index in [1.165, 1.54) is 0 Å². The largest absolute Gasteiger partial charge is 0.508 e. The first-order chi connectivity index (χ1) is 11.1. The van der Waals surface area contributed by atoms with Crippen LogP contribution in [0, 0.1) is 0 Å². The Morgan fingerprint density at radius 3 is 2.52 bits per heavy atom. The number of aryl methyl sites for hydroxylation is 1. The summed E-state index contributed by atoms with van der Waals surface area (Å²) in [6, 6.07) is 8.70. The van der Waals surface area contributed by atoms with Gasteiger partial charge in [0, 0.05) is 25.7 Å². The number of hydrogen-bond acceptors (Lipinski definition) is 4. The summed E-state index contributed by atoms with van der Waals surface area (Å²) in [4.78, 5) is 14.1. The second-order valence-corrected chi connectivity index (χ2v) is 6.05. The lowest BCUT2D eigenvalue weighted by Gasteiger charge is -2.37. The molecule has 0 saturated carbocycles. The minimum Gasteiger partial charge on any atom is -0.508 e. The van der Waals surface area contributed by atoms with E-state index in [0.717, 1.165) is 5.56 Å². The minimum atomic E-state index is -0.912. The molecule has 0 radical (unpaired) electrons. The van der Waals surface area contributed by atoms with Gasteiger partial charge in [-0.15, -0.1) is 0 Å². The molecule has 1 aliphatic heterocycles. The number of nitrogens with zero attached hydrogens (tertiary/aromatic N) is 2. The number of piperidine rings is 1.